The van der Waals surface area contributed by atoms with Crippen molar-refractivity contribution in [3.63, 3.8) is 0 Å². The van der Waals surface area contributed by atoms with Gasteiger partial charge in [-0.25, -0.2) is 0 Å². The number of nitrogens with zero attached hydrogens (tertiary/aromatic N) is 2. The molecule has 0 aromatic heterocycles. The highest BCUT2D eigenvalue weighted by molar-refractivity contribution is 5.47. The highest BCUT2D eigenvalue weighted by atomic mass is 15.1. The minimum atomic E-state index is 0.264. The number of hydrogen-bond acceptors (Lipinski definition) is 2. The molecule has 0 aliphatic heterocycles. The molecule has 1 saturated carbocycles. The van der Waals surface area contributed by atoms with E-state index in [0.717, 1.165) is 6.42 Å². The van der Waals surface area contributed by atoms with E-state index in [0.29, 0.717) is 5.92 Å². The standard InChI is InChI=1S/C12H14N2/c1-14(2)11-5-3-9(4-6-11)12-7-10(12)8-13/h3-6,10,12H,7H2,1-2H3. The van der Waals surface area contributed by atoms with Crippen LogP contribution in [0.2, 0.25) is 0 Å². The SMILES string of the molecule is CN(C)c1ccc(C2CC2C#N)cc1. The van der Waals surface area contributed by atoms with Gasteiger partial charge in [-0.3, -0.25) is 0 Å². The highest BCUT2D eigenvalue weighted by Gasteiger charge is 2.38. The van der Waals surface area contributed by atoms with Crippen LogP contribution in [0.1, 0.15) is 17.9 Å². The van der Waals surface area contributed by atoms with Crippen molar-refractivity contribution in [3.8, 4) is 6.07 Å². The topological polar surface area (TPSA) is 27.0 Å². The Morgan fingerprint density at radius 2 is 1.93 bits per heavy atom. The molecule has 1 fully saturated rings. The molecule has 0 heterocycles. The van der Waals surface area contributed by atoms with E-state index in [4.69, 9.17) is 5.26 Å². The fraction of sp³-hybridized carbons (Fsp3) is 0.417. The van der Waals surface area contributed by atoms with Gasteiger partial charge in [0.05, 0.1) is 12.0 Å². The Morgan fingerprint density at radius 1 is 1.29 bits per heavy atom. The zero-order chi connectivity index (χ0) is 10.1. The number of hydrogen-bond donors (Lipinski definition) is 0. The molecule has 1 aliphatic carbocycles. The third kappa shape index (κ3) is 1.58. The van der Waals surface area contributed by atoms with Crippen molar-refractivity contribution in [1.29, 1.82) is 5.26 Å². The van der Waals surface area contributed by atoms with Crippen LogP contribution in [0.25, 0.3) is 0 Å². The van der Waals surface area contributed by atoms with E-state index >= 15 is 0 Å². The lowest BCUT2D eigenvalue weighted by molar-refractivity contribution is 1.02. The zero-order valence-corrected chi connectivity index (χ0v) is 8.57. The number of anilines is 1. The van der Waals surface area contributed by atoms with Crippen molar-refractivity contribution in [1.82, 2.24) is 0 Å². The fourth-order valence-corrected chi connectivity index (χ4v) is 1.73. The minimum absolute atomic E-state index is 0.264. The summed E-state index contributed by atoms with van der Waals surface area (Å²) in [7, 11) is 4.06. The molecule has 72 valence electrons. The molecule has 2 rings (SSSR count). The van der Waals surface area contributed by atoms with Gasteiger partial charge in [0, 0.05) is 25.7 Å². The number of rotatable bonds is 2. The van der Waals surface area contributed by atoms with Gasteiger partial charge < -0.3 is 4.90 Å². The van der Waals surface area contributed by atoms with Gasteiger partial charge in [0.25, 0.3) is 0 Å². The summed E-state index contributed by atoms with van der Waals surface area (Å²) in [6.07, 6.45) is 1.04. The second kappa shape index (κ2) is 3.34. The van der Waals surface area contributed by atoms with Gasteiger partial charge >= 0.3 is 0 Å². The molecular weight excluding hydrogens is 172 g/mol. The Labute approximate surface area is 84.8 Å². The molecule has 0 radical (unpaired) electrons. The first-order valence-corrected chi connectivity index (χ1v) is 4.89. The van der Waals surface area contributed by atoms with Gasteiger partial charge in [0.2, 0.25) is 0 Å². The van der Waals surface area contributed by atoms with Gasteiger partial charge in [-0.05, 0) is 24.1 Å². The lowest BCUT2D eigenvalue weighted by atomic mass is 10.1. The van der Waals surface area contributed by atoms with E-state index in [1.807, 2.05) is 14.1 Å². The average Bonchev–Trinajstić information content (AvgIpc) is 2.97. The molecule has 1 aromatic rings. The normalized spacial score (nSPS) is 24.1. The van der Waals surface area contributed by atoms with Gasteiger partial charge in [-0.2, -0.15) is 5.26 Å². The van der Waals surface area contributed by atoms with Crippen LogP contribution >= 0.6 is 0 Å². The van der Waals surface area contributed by atoms with E-state index in [1.54, 1.807) is 0 Å². The van der Waals surface area contributed by atoms with Gasteiger partial charge in [-0.1, -0.05) is 12.1 Å². The van der Waals surface area contributed by atoms with Gasteiger partial charge in [0.1, 0.15) is 0 Å². The summed E-state index contributed by atoms with van der Waals surface area (Å²) in [5.41, 5.74) is 2.52. The van der Waals surface area contributed by atoms with Crippen LogP contribution in [-0.2, 0) is 0 Å². The molecule has 14 heavy (non-hydrogen) atoms. The third-order valence-electron chi connectivity index (χ3n) is 2.79. The molecule has 2 unspecified atom stereocenters. The van der Waals surface area contributed by atoms with Crippen LogP contribution in [0.15, 0.2) is 24.3 Å². The van der Waals surface area contributed by atoms with E-state index in [-0.39, 0.29) is 5.92 Å². The van der Waals surface area contributed by atoms with Gasteiger partial charge in [-0.15, -0.1) is 0 Å². The highest BCUT2D eigenvalue weighted by Crippen LogP contribution is 2.46. The maximum absolute atomic E-state index is 8.72. The number of benzene rings is 1. The molecular formula is C12H14N2. The van der Waals surface area contributed by atoms with Crippen molar-refractivity contribution in [2.45, 2.75) is 12.3 Å². The zero-order valence-electron chi connectivity index (χ0n) is 8.57. The van der Waals surface area contributed by atoms with Crippen molar-refractivity contribution in [2.24, 2.45) is 5.92 Å². The first-order chi connectivity index (χ1) is 6.72. The largest absolute Gasteiger partial charge is 0.378 e. The van der Waals surface area contributed by atoms with Crippen molar-refractivity contribution < 1.29 is 0 Å². The summed E-state index contributed by atoms with van der Waals surface area (Å²) in [4.78, 5) is 2.08. The van der Waals surface area contributed by atoms with Crippen LogP contribution in [0.3, 0.4) is 0 Å². The molecule has 0 N–H and O–H groups in total. The Bertz CT molecular complexity index is 359. The summed E-state index contributed by atoms with van der Waals surface area (Å²) in [5, 5.41) is 8.72. The molecule has 0 amide bonds. The Morgan fingerprint density at radius 3 is 2.36 bits per heavy atom. The second-order valence-electron chi connectivity index (χ2n) is 4.06. The third-order valence-corrected chi connectivity index (χ3v) is 2.79. The lowest BCUT2D eigenvalue weighted by Gasteiger charge is -2.12. The Balaban J connectivity index is 2.12. The van der Waals surface area contributed by atoms with E-state index in [9.17, 15) is 0 Å². The predicted molar refractivity (Wildman–Crippen MR) is 57.2 cm³/mol. The Hall–Kier alpha value is -1.49. The molecule has 0 saturated heterocycles. The maximum Gasteiger partial charge on any atom is 0.0662 e. The average molecular weight is 186 g/mol. The number of nitriles is 1. The predicted octanol–water partition coefficient (Wildman–Crippen LogP) is 2.38. The molecule has 1 aromatic carbocycles. The summed E-state index contributed by atoms with van der Waals surface area (Å²) >= 11 is 0. The van der Waals surface area contributed by atoms with Gasteiger partial charge in [0.15, 0.2) is 0 Å². The minimum Gasteiger partial charge on any atom is -0.378 e. The first kappa shape index (κ1) is 9.08. The van der Waals surface area contributed by atoms with Crippen molar-refractivity contribution in [2.75, 3.05) is 19.0 Å². The summed E-state index contributed by atoms with van der Waals surface area (Å²) < 4.78 is 0. The molecule has 2 nitrogen and oxygen atoms in total. The molecule has 1 aliphatic rings. The summed E-state index contributed by atoms with van der Waals surface area (Å²) in [6, 6.07) is 10.8. The lowest BCUT2D eigenvalue weighted by Crippen LogP contribution is -2.08. The van der Waals surface area contributed by atoms with Crippen LogP contribution in [0.4, 0.5) is 5.69 Å². The quantitative estimate of drug-likeness (QED) is 0.709. The maximum atomic E-state index is 8.72. The summed E-state index contributed by atoms with van der Waals surface area (Å²) in [6.45, 7) is 0. The smallest absolute Gasteiger partial charge is 0.0662 e. The van der Waals surface area contributed by atoms with E-state index in [1.165, 1.54) is 11.3 Å². The van der Waals surface area contributed by atoms with Crippen molar-refractivity contribution in [3.05, 3.63) is 29.8 Å². The second-order valence-corrected chi connectivity index (χ2v) is 4.06. The Kier molecular flexibility index (Phi) is 2.17. The van der Waals surface area contributed by atoms with Crippen LogP contribution < -0.4 is 4.90 Å². The molecule has 0 bridgehead atoms. The monoisotopic (exact) mass is 186 g/mol. The summed E-state index contributed by atoms with van der Waals surface area (Å²) in [5.74, 6) is 0.761. The molecule has 2 heteroatoms. The first-order valence-electron chi connectivity index (χ1n) is 4.89. The van der Waals surface area contributed by atoms with Crippen molar-refractivity contribution >= 4 is 5.69 Å². The van der Waals surface area contributed by atoms with E-state index < -0.39 is 0 Å². The van der Waals surface area contributed by atoms with Crippen LogP contribution in [-0.4, -0.2) is 14.1 Å². The van der Waals surface area contributed by atoms with Crippen LogP contribution in [0.5, 0.6) is 0 Å². The van der Waals surface area contributed by atoms with E-state index in [2.05, 4.69) is 35.2 Å². The molecule has 0 spiro atoms. The van der Waals surface area contributed by atoms with Crippen LogP contribution in [0, 0.1) is 17.2 Å². The fourth-order valence-electron chi connectivity index (χ4n) is 1.73. The molecule has 2 atom stereocenters.